The van der Waals surface area contributed by atoms with Gasteiger partial charge in [0.15, 0.2) is 0 Å². The van der Waals surface area contributed by atoms with Gasteiger partial charge < -0.3 is 4.74 Å². The van der Waals surface area contributed by atoms with Crippen molar-refractivity contribution in [2.24, 2.45) is 0 Å². The second-order valence-corrected chi connectivity index (χ2v) is 9.43. The fourth-order valence-corrected chi connectivity index (χ4v) is 5.42. The molecule has 2 amide bonds. The maximum absolute atomic E-state index is 12.8. The number of nitriles is 1. The maximum atomic E-state index is 12.8. The second kappa shape index (κ2) is 9.74. The Hall–Kier alpha value is -2.86. The smallest absolute Gasteiger partial charge is 0.298 e. The van der Waals surface area contributed by atoms with E-state index in [2.05, 4.69) is 37.9 Å². The molecule has 0 N–H and O–H groups in total. The van der Waals surface area contributed by atoms with Crippen molar-refractivity contribution >= 4 is 66.5 Å². The van der Waals surface area contributed by atoms with Crippen molar-refractivity contribution in [2.75, 3.05) is 4.90 Å². The summed E-state index contributed by atoms with van der Waals surface area (Å²) in [7, 11) is 0. The van der Waals surface area contributed by atoms with Crippen molar-refractivity contribution in [1.82, 2.24) is 0 Å². The summed E-state index contributed by atoms with van der Waals surface area (Å²) in [4.78, 5) is 26.7. The van der Waals surface area contributed by atoms with Gasteiger partial charge in [-0.1, -0.05) is 36.4 Å². The molecule has 0 aromatic heterocycles. The van der Waals surface area contributed by atoms with E-state index in [0.717, 1.165) is 22.9 Å². The lowest BCUT2D eigenvalue weighted by Gasteiger charge is -2.13. The molecule has 1 aliphatic rings. The lowest BCUT2D eigenvalue weighted by Crippen LogP contribution is -2.27. The molecule has 8 heteroatoms. The third-order valence-electron chi connectivity index (χ3n) is 4.64. The summed E-state index contributed by atoms with van der Waals surface area (Å²) in [6.07, 6.45) is 1.68. The number of para-hydroxylation sites is 1. The lowest BCUT2D eigenvalue weighted by atomic mass is 10.1. The molecule has 0 aliphatic carbocycles. The minimum absolute atomic E-state index is 0.232. The van der Waals surface area contributed by atoms with Crippen molar-refractivity contribution in [3.05, 3.63) is 97.3 Å². The molecule has 158 valence electrons. The van der Waals surface area contributed by atoms with Crippen LogP contribution < -0.4 is 9.64 Å². The van der Waals surface area contributed by atoms with E-state index in [-0.39, 0.29) is 17.8 Å². The lowest BCUT2D eigenvalue weighted by molar-refractivity contribution is -0.113. The van der Waals surface area contributed by atoms with E-state index >= 15 is 0 Å². The number of hydrogen-bond acceptors (Lipinski definition) is 5. The van der Waals surface area contributed by atoms with E-state index in [1.807, 2.05) is 36.4 Å². The number of benzene rings is 3. The molecule has 1 saturated heterocycles. The zero-order valence-electron chi connectivity index (χ0n) is 16.4. The van der Waals surface area contributed by atoms with E-state index in [0.29, 0.717) is 30.9 Å². The minimum atomic E-state index is -0.355. The Bertz CT molecular complexity index is 1260. The number of anilines is 1. The third kappa shape index (κ3) is 4.65. The monoisotopic (exact) mass is 568 g/mol. The number of hydrogen-bond donors (Lipinski definition) is 0. The first-order chi connectivity index (χ1) is 15.5. The Balaban J connectivity index is 1.56. The SMILES string of the molecule is N#Cc1ccccc1COc1c(Br)cc(/C=C2\SC(=O)N(c3ccccc3)C2=O)cc1Br. The topological polar surface area (TPSA) is 70.4 Å². The van der Waals surface area contributed by atoms with Crippen molar-refractivity contribution in [3.63, 3.8) is 0 Å². The van der Waals surface area contributed by atoms with Gasteiger partial charge in [0.1, 0.15) is 12.4 Å². The van der Waals surface area contributed by atoms with Crippen molar-refractivity contribution < 1.29 is 14.3 Å². The molecule has 4 rings (SSSR count). The summed E-state index contributed by atoms with van der Waals surface area (Å²) in [5.41, 5.74) is 2.62. The van der Waals surface area contributed by atoms with Gasteiger partial charge in [0.2, 0.25) is 0 Å². The summed E-state index contributed by atoms with van der Waals surface area (Å²) in [6.45, 7) is 0.232. The van der Waals surface area contributed by atoms with Crippen LogP contribution in [0.25, 0.3) is 6.08 Å². The summed E-state index contributed by atoms with van der Waals surface area (Å²) < 4.78 is 7.29. The van der Waals surface area contributed by atoms with Gasteiger partial charge in [-0.15, -0.1) is 0 Å². The Morgan fingerprint density at radius 2 is 1.66 bits per heavy atom. The van der Waals surface area contributed by atoms with Crippen LogP contribution in [0, 0.1) is 11.3 Å². The van der Waals surface area contributed by atoms with E-state index in [9.17, 15) is 14.9 Å². The van der Waals surface area contributed by atoms with Crippen molar-refractivity contribution in [1.29, 1.82) is 5.26 Å². The highest BCUT2D eigenvalue weighted by atomic mass is 79.9. The molecule has 0 spiro atoms. The number of amides is 2. The molecule has 32 heavy (non-hydrogen) atoms. The highest BCUT2D eigenvalue weighted by Crippen LogP contribution is 2.39. The Morgan fingerprint density at radius 1 is 1.00 bits per heavy atom. The summed E-state index contributed by atoms with van der Waals surface area (Å²) in [6, 6.07) is 21.9. The predicted molar refractivity (Wildman–Crippen MR) is 132 cm³/mol. The first-order valence-electron chi connectivity index (χ1n) is 9.41. The first kappa shape index (κ1) is 22.3. The third-order valence-corrected chi connectivity index (χ3v) is 6.68. The Labute approximate surface area is 205 Å². The molecular weight excluding hydrogens is 556 g/mol. The molecular formula is C24H14Br2N2O3S. The number of nitrogens with zero attached hydrogens (tertiary/aromatic N) is 2. The summed E-state index contributed by atoms with van der Waals surface area (Å²) in [5, 5.41) is 8.91. The fraction of sp³-hybridized carbons (Fsp3) is 0.0417. The van der Waals surface area contributed by atoms with E-state index < -0.39 is 0 Å². The van der Waals surface area contributed by atoms with Gasteiger partial charge in [-0.05, 0) is 85.6 Å². The van der Waals surface area contributed by atoms with Crippen LogP contribution in [0.3, 0.4) is 0 Å². The standard InChI is InChI=1S/C24H14Br2N2O3S/c25-19-10-15(11-20(26)22(19)31-14-17-7-5-4-6-16(17)13-27)12-21-23(29)28(24(30)32-21)18-8-2-1-3-9-18/h1-12H,14H2/b21-12-. The molecule has 5 nitrogen and oxygen atoms in total. The number of thioether (sulfide) groups is 1. The van der Waals surface area contributed by atoms with Crippen LogP contribution >= 0.6 is 43.6 Å². The van der Waals surface area contributed by atoms with Gasteiger partial charge in [-0.3, -0.25) is 9.59 Å². The fourth-order valence-electron chi connectivity index (χ4n) is 3.12. The Kier molecular flexibility index (Phi) is 6.80. The number of carbonyl (C=O) groups excluding carboxylic acids is 2. The van der Waals surface area contributed by atoms with Crippen LogP contribution in [0.5, 0.6) is 5.75 Å². The van der Waals surface area contributed by atoms with Gasteiger partial charge in [0, 0.05) is 5.56 Å². The molecule has 1 fully saturated rings. The molecule has 1 aliphatic heterocycles. The van der Waals surface area contributed by atoms with E-state index in [4.69, 9.17) is 4.74 Å². The van der Waals surface area contributed by atoms with Crippen LogP contribution in [-0.4, -0.2) is 11.1 Å². The molecule has 0 saturated carbocycles. The maximum Gasteiger partial charge on any atom is 0.298 e. The average molecular weight is 570 g/mol. The molecule has 0 unspecified atom stereocenters. The summed E-state index contributed by atoms with van der Waals surface area (Å²) >= 11 is 7.93. The van der Waals surface area contributed by atoms with Gasteiger partial charge in [0.25, 0.3) is 11.1 Å². The second-order valence-electron chi connectivity index (χ2n) is 6.72. The number of imide groups is 1. The van der Waals surface area contributed by atoms with Gasteiger partial charge in [0.05, 0.1) is 31.2 Å². The van der Waals surface area contributed by atoms with Crippen LogP contribution in [0.2, 0.25) is 0 Å². The minimum Gasteiger partial charge on any atom is -0.486 e. The van der Waals surface area contributed by atoms with Crippen molar-refractivity contribution in [2.45, 2.75) is 6.61 Å². The molecule has 3 aromatic carbocycles. The molecule has 3 aromatic rings. The summed E-state index contributed by atoms with van der Waals surface area (Å²) in [5.74, 6) is 0.221. The molecule has 0 bridgehead atoms. The van der Waals surface area contributed by atoms with E-state index in [1.165, 1.54) is 4.90 Å². The average Bonchev–Trinajstić information content (AvgIpc) is 3.06. The predicted octanol–water partition coefficient (Wildman–Crippen LogP) is 6.90. The van der Waals surface area contributed by atoms with Crippen LogP contribution in [0.1, 0.15) is 16.7 Å². The molecule has 0 atom stereocenters. The highest BCUT2D eigenvalue weighted by Gasteiger charge is 2.36. The van der Waals surface area contributed by atoms with Crippen LogP contribution in [-0.2, 0) is 11.4 Å². The highest BCUT2D eigenvalue weighted by molar-refractivity contribution is 9.11. The van der Waals surface area contributed by atoms with Crippen LogP contribution in [0.4, 0.5) is 10.5 Å². The van der Waals surface area contributed by atoms with Gasteiger partial charge in [-0.25, -0.2) is 4.90 Å². The van der Waals surface area contributed by atoms with E-state index in [1.54, 1.807) is 36.4 Å². The number of ether oxygens (including phenoxy) is 1. The largest absolute Gasteiger partial charge is 0.486 e. The molecule has 1 heterocycles. The quantitative estimate of drug-likeness (QED) is 0.312. The van der Waals surface area contributed by atoms with Crippen molar-refractivity contribution in [3.8, 4) is 11.8 Å². The van der Waals surface area contributed by atoms with Crippen LogP contribution in [0.15, 0.2) is 80.6 Å². The number of rotatable bonds is 5. The van der Waals surface area contributed by atoms with Gasteiger partial charge in [-0.2, -0.15) is 5.26 Å². The van der Waals surface area contributed by atoms with Gasteiger partial charge >= 0.3 is 0 Å². The zero-order chi connectivity index (χ0) is 22.7. The number of halogens is 2. The molecule has 0 radical (unpaired) electrons. The zero-order valence-corrected chi connectivity index (χ0v) is 20.4. The Morgan fingerprint density at radius 3 is 2.34 bits per heavy atom. The number of carbonyl (C=O) groups is 2. The first-order valence-corrected chi connectivity index (χ1v) is 11.8. The normalized spacial score (nSPS) is 14.7.